The fourth-order valence-electron chi connectivity index (χ4n) is 0.501. The molecule has 0 aliphatic carbocycles. The first kappa shape index (κ1) is 9.71. The van der Waals surface area contributed by atoms with Crippen molar-refractivity contribution in [1.29, 1.82) is 0 Å². The molecule has 8 heteroatoms. The number of nitrogens with zero attached hydrogens (tertiary/aromatic N) is 6. The van der Waals surface area contributed by atoms with Crippen LogP contribution in [0.25, 0.3) is 0 Å². The lowest BCUT2D eigenvalue weighted by Gasteiger charge is -1.80. The molecule has 2 rings (SSSR count). The molecule has 0 saturated heterocycles. The fourth-order valence-corrected chi connectivity index (χ4v) is 0.501. The van der Waals surface area contributed by atoms with E-state index in [1.165, 1.54) is 12.4 Å². The number of nitrogen functional groups attached to an aromatic ring is 2. The highest BCUT2D eigenvalue weighted by atomic mass is 15.3. The monoisotopic (exact) mass is 192 g/mol. The van der Waals surface area contributed by atoms with E-state index in [-0.39, 0.29) is 0 Å². The van der Waals surface area contributed by atoms with Gasteiger partial charge in [-0.1, -0.05) is 0 Å². The van der Waals surface area contributed by atoms with E-state index < -0.39 is 0 Å². The van der Waals surface area contributed by atoms with E-state index in [0.29, 0.717) is 11.6 Å². The first-order valence-electron chi connectivity index (χ1n) is 3.58. The van der Waals surface area contributed by atoms with Gasteiger partial charge in [-0.15, -0.1) is 20.4 Å². The molecule has 0 aliphatic rings. The molecule has 0 amide bonds. The number of hydrogen-bond donors (Lipinski definition) is 2. The van der Waals surface area contributed by atoms with Gasteiger partial charge < -0.3 is 11.5 Å². The summed E-state index contributed by atoms with van der Waals surface area (Å²) in [5, 5.41) is 20.1. The Morgan fingerprint density at radius 3 is 1.36 bits per heavy atom. The lowest BCUT2D eigenvalue weighted by Crippen LogP contribution is -1.91. The smallest absolute Gasteiger partial charge is 0.149 e. The molecule has 0 aromatic carbocycles. The fraction of sp³-hybridized carbons (Fsp3) is 0. The highest BCUT2D eigenvalue weighted by Crippen LogP contribution is 1.83. The Morgan fingerprint density at radius 2 is 1.21 bits per heavy atom. The van der Waals surface area contributed by atoms with Gasteiger partial charge in [0.05, 0.1) is 12.4 Å². The molecule has 2 aromatic rings. The van der Waals surface area contributed by atoms with Crippen molar-refractivity contribution in [3.05, 3.63) is 24.5 Å². The van der Waals surface area contributed by atoms with Crippen molar-refractivity contribution >= 4 is 11.6 Å². The maximum Gasteiger partial charge on any atom is 0.149 e. The predicted molar refractivity (Wildman–Crippen MR) is 48.5 cm³/mol. The van der Waals surface area contributed by atoms with Crippen molar-refractivity contribution in [2.45, 2.75) is 0 Å². The second-order valence-corrected chi connectivity index (χ2v) is 2.09. The van der Waals surface area contributed by atoms with Gasteiger partial charge in [0.25, 0.3) is 0 Å². The van der Waals surface area contributed by atoms with E-state index in [1.54, 1.807) is 12.1 Å². The summed E-state index contributed by atoms with van der Waals surface area (Å²) < 4.78 is 0. The van der Waals surface area contributed by atoms with Crippen LogP contribution in [0.1, 0.15) is 0 Å². The van der Waals surface area contributed by atoms with E-state index in [4.69, 9.17) is 11.5 Å². The minimum atomic E-state index is 0.398. The van der Waals surface area contributed by atoms with Gasteiger partial charge in [0.2, 0.25) is 0 Å². The van der Waals surface area contributed by atoms with Gasteiger partial charge in [0.1, 0.15) is 11.6 Å². The van der Waals surface area contributed by atoms with Crippen LogP contribution in [0.3, 0.4) is 0 Å². The maximum atomic E-state index is 5.14. The van der Waals surface area contributed by atoms with Crippen LogP contribution in [0.5, 0.6) is 0 Å². The normalized spacial score (nSPS) is 8.57. The zero-order valence-corrected chi connectivity index (χ0v) is 7.15. The molecule has 0 radical (unpaired) electrons. The van der Waals surface area contributed by atoms with Crippen LogP contribution in [-0.4, -0.2) is 30.8 Å². The third-order valence-electron chi connectivity index (χ3n) is 1.05. The molecule has 0 saturated carbocycles. The van der Waals surface area contributed by atoms with Gasteiger partial charge in [0, 0.05) is 12.1 Å². The van der Waals surface area contributed by atoms with E-state index in [9.17, 15) is 0 Å². The molecule has 2 aromatic heterocycles. The molecule has 4 N–H and O–H groups in total. The minimum absolute atomic E-state index is 0.398. The molecule has 0 unspecified atom stereocenters. The number of rotatable bonds is 0. The molecule has 14 heavy (non-hydrogen) atoms. The summed E-state index contributed by atoms with van der Waals surface area (Å²) >= 11 is 0. The van der Waals surface area contributed by atoms with Crippen LogP contribution in [0.4, 0.5) is 11.6 Å². The van der Waals surface area contributed by atoms with E-state index in [1.807, 2.05) is 0 Å². The third kappa shape index (κ3) is 3.85. The quantitative estimate of drug-likeness (QED) is 0.538. The SMILES string of the molecule is Nc1ccnnn1.Nc1ccnnn1. The standard InChI is InChI=1S/2C3H4N4/c2*4-3-1-2-5-7-6-3/h2*1-2H,(H2,4,5,6). The molecular formula is C6H8N8. The van der Waals surface area contributed by atoms with Crippen LogP contribution in [0.15, 0.2) is 24.5 Å². The summed E-state index contributed by atoms with van der Waals surface area (Å²) in [6.45, 7) is 0. The summed E-state index contributed by atoms with van der Waals surface area (Å²) in [4.78, 5) is 0. The Balaban J connectivity index is 0.000000140. The van der Waals surface area contributed by atoms with Gasteiger partial charge in [-0.25, -0.2) is 0 Å². The van der Waals surface area contributed by atoms with Gasteiger partial charge in [-0.2, -0.15) is 0 Å². The average Bonchev–Trinajstić information content (AvgIpc) is 2.21. The van der Waals surface area contributed by atoms with Crippen LogP contribution in [0.2, 0.25) is 0 Å². The van der Waals surface area contributed by atoms with Crippen molar-refractivity contribution in [3.8, 4) is 0 Å². The van der Waals surface area contributed by atoms with Crippen molar-refractivity contribution in [3.63, 3.8) is 0 Å². The van der Waals surface area contributed by atoms with Gasteiger partial charge in [0.15, 0.2) is 0 Å². The Labute approximate surface area is 79.4 Å². The van der Waals surface area contributed by atoms with Crippen LogP contribution < -0.4 is 11.5 Å². The number of anilines is 2. The second-order valence-electron chi connectivity index (χ2n) is 2.09. The lowest BCUT2D eigenvalue weighted by atomic mass is 10.6. The number of nitrogens with two attached hydrogens (primary N) is 2. The Hall–Kier alpha value is -2.38. The second kappa shape index (κ2) is 5.30. The first-order valence-corrected chi connectivity index (χ1v) is 3.58. The molecule has 0 fully saturated rings. The Bertz CT molecular complexity index is 311. The van der Waals surface area contributed by atoms with Crippen molar-refractivity contribution in [2.75, 3.05) is 11.5 Å². The topological polar surface area (TPSA) is 129 Å². The molecular weight excluding hydrogens is 184 g/mol. The van der Waals surface area contributed by atoms with Crippen LogP contribution >= 0.6 is 0 Å². The van der Waals surface area contributed by atoms with Crippen molar-refractivity contribution < 1.29 is 0 Å². The van der Waals surface area contributed by atoms with Gasteiger partial charge >= 0.3 is 0 Å². The predicted octanol–water partition coefficient (Wildman–Crippen LogP) is -1.09. The summed E-state index contributed by atoms with van der Waals surface area (Å²) in [5.74, 6) is 0.796. The highest BCUT2D eigenvalue weighted by Gasteiger charge is 1.77. The molecule has 0 atom stereocenters. The number of aromatic nitrogens is 6. The van der Waals surface area contributed by atoms with Crippen LogP contribution in [0, 0.1) is 0 Å². The molecule has 72 valence electrons. The Morgan fingerprint density at radius 1 is 0.786 bits per heavy atom. The summed E-state index contributed by atoms with van der Waals surface area (Å²) in [6.07, 6.45) is 2.98. The number of hydrogen-bond acceptors (Lipinski definition) is 8. The molecule has 0 aliphatic heterocycles. The lowest BCUT2D eigenvalue weighted by molar-refractivity contribution is 0.873. The van der Waals surface area contributed by atoms with Crippen molar-refractivity contribution in [2.24, 2.45) is 0 Å². The van der Waals surface area contributed by atoms with E-state index in [2.05, 4.69) is 30.8 Å². The maximum absolute atomic E-state index is 5.14. The summed E-state index contributed by atoms with van der Waals surface area (Å²) in [6, 6.07) is 3.15. The van der Waals surface area contributed by atoms with Crippen LogP contribution in [-0.2, 0) is 0 Å². The van der Waals surface area contributed by atoms with Gasteiger partial charge in [-0.3, -0.25) is 0 Å². The van der Waals surface area contributed by atoms with Gasteiger partial charge in [-0.05, 0) is 10.4 Å². The van der Waals surface area contributed by atoms with E-state index in [0.717, 1.165) is 0 Å². The zero-order valence-electron chi connectivity index (χ0n) is 7.15. The largest absolute Gasteiger partial charge is 0.382 e. The molecule has 0 bridgehead atoms. The molecule has 8 nitrogen and oxygen atoms in total. The minimum Gasteiger partial charge on any atom is -0.382 e. The van der Waals surface area contributed by atoms with Crippen molar-refractivity contribution in [1.82, 2.24) is 30.8 Å². The molecule has 0 spiro atoms. The zero-order chi connectivity index (χ0) is 10.2. The summed E-state index contributed by atoms with van der Waals surface area (Å²) in [5.41, 5.74) is 10.3. The van der Waals surface area contributed by atoms with E-state index >= 15 is 0 Å². The third-order valence-corrected chi connectivity index (χ3v) is 1.05. The molecule has 2 heterocycles. The Kier molecular flexibility index (Phi) is 3.67. The highest BCUT2D eigenvalue weighted by molar-refractivity contribution is 5.21. The first-order chi connectivity index (χ1) is 6.79. The average molecular weight is 192 g/mol. The summed E-state index contributed by atoms with van der Waals surface area (Å²) in [7, 11) is 0.